The van der Waals surface area contributed by atoms with Crippen LogP contribution in [0.15, 0.2) is 90.6 Å². The molecule has 0 radical (unpaired) electrons. The molecule has 0 bridgehead atoms. The number of benzene rings is 2. The maximum absolute atomic E-state index is 12.8. The standard InChI is InChI=1S/C27H32N6O5/c1-6-23(35-4)26(36-5)24(7-2)37-18-22(27-29-31-32-30-27)33(3)17-25(34)28-19-13-15-21(16-14-19)38-20-11-9-8-10-12-20/h6-16,22H,2,17-18H2,1,3-5H3,(H,28,34)(H,29,30,31,32)/b23-6+,26-24-. The molecule has 0 saturated heterocycles. The maximum atomic E-state index is 12.8. The second-order valence-electron chi connectivity index (χ2n) is 7.96. The SMILES string of the molecule is C=C/C(OCC(c1nn[nH]n1)N(C)CC(=O)Nc1ccc(Oc2ccccc2)cc1)=C(OC)\C(=C/C)OC. The molecule has 1 aromatic heterocycles. The molecule has 0 saturated carbocycles. The lowest BCUT2D eigenvalue weighted by molar-refractivity contribution is -0.117. The summed E-state index contributed by atoms with van der Waals surface area (Å²) in [7, 11) is 4.81. The van der Waals surface area contributed by atoms with Crippen LogP contribution in [-0.4, -0.2) is 65.9 Å². The van der Waals surface area contributed by atoms with Crippen molar-refractivity contribution in [2.24, 2.45) is 0 Å². The summed E-state index contributed by atoms with van der Waals surface area (Å²) in [6.07, 6.45) is 3.27. The molecule has 0 spiro atoms. The van der Waals surface area contributed by atoms with Gasteiger partial charge in [-0.2, -0.15) is 5.21 Å². The Hall–Kier alpha value is -4.64. The summed E-state index contributed by atoms with van der Waals surface area (Å²) in [4.78, 5) is 14.6. The van der Waals surface area contributed by atoms with Gasteiger partial charge in [-0.05, 0) is 62.5 Å². The van der Waals surface area contributed by atoms with Gasteiger partial charge in [0.2, 0.25) is 11.7 Å². The number of aromatic amines is 1. The second-order valence-corrected chi connectivity index (χ2v) is 7.96. The van der Waals surface area contributed by atoms with Gasteiger partial charge in [0.15, 0.2) is 17.3 Å². The zero-order chi connectivity index (χ0) is 27.3. The quantitative estimate of drug-likeness (QED) is 0.238. The van der Waals surface area contributed by atoms with E-state index >= 15 is 0 Å². The van der Waals surface area contributed by atoms with E-state index in [1.54, 1.807) is 42.3 Å². The fraction of sp³-hybridized carbons (Fsp3) is 0.259. The third-order valence-electron chi connectivity index (χ3n) is 5.42. The van der Waals surface area contributed by atoms with Crippen LogP contribution in [0.5, 0.6) is 11.5 Å². The van der Waals surface area contributed by atoms with Crippen molar-refractivity contribution in [2.75, 3.05) is 39.7 Å². The second kappa shape index (κ2) is 14.2. The van der Waals surface area contributed by atoms with Crippen molar-refractivity contribution in [3.63, 3.8) is 0 Å². The molecule has 200 valence electrons. The van der Waals surface area contributed by atoms with Crippen LogP contribution in [0.2, 0.25) is 0 Å². The fourth-order valence-corrected chi connectivity index (χ4v) is 3.53. The average Bonchev–Trinajstić information content (AvgIpc) is 3.46. The molecule has 1 heterocycles. The number of para-hydroxylation sites is 1. The van der Waals surface area contributed by atoms with Crippen LogP contribution in [0.25, 0.3) is 0 Å². The van der Waals surface area contributed by atoms with E-state index < -0.39 is 6.04 Å². The molecule has 3 rings (SSSR count). The van der Waals surface area contributed by atoms with E-state index in [0.29, 0.717) is 34.5 Å². The number of nitrogens with one attached hydrogen (secondary N) is 2. The molecule has 2 N–H and O–H groups in total. The number of rotatable bonds is 14. The summed E-state index contributed by atoms with van der Waals surface area (Å²) in [5.74, 6) is 2.78. The highest BCUT2D eigenvalue weighted by Crippen LogP contribution is 2.24. The Morgan fingerprint density at radius 3 is 2.39 bits per heavy atom. The van der Waals surface area contributed by atoms with Crippen molar-refractivity contribution < 1.29 is 23.7 Å². The van der Waals surface area contributed by atoms with Crippen molar-refractivity contribution in [3.8, 4) is 11.5 Å². The lowest BCUT2D eigenvalue weighted by Crippen LogP contribution is -2.36. The van der Waals surface area contributed by atoms with Crippen molar-refractivity contribution >= 4 is 11.6 Å². The number of anilines is 1. The van der Waals surface area contributed by atoms with E-state index in [0.717, 1.165) is 5.75 Å². The van der Waals surface area contributed by atoms with Crippen LogP contribution in [-0.2, 0) is 19.0 Å². The number of likely N-dealkylation sites (N-methyl/N-ethyl adjacent to an activating group) is 1. The highest BCUT2D eigenvalue weighted by molar-refractivity contribution is 5.92. The number of carbonyl (C=O) groups is 1. The van der Waals surface area contributed by atoms with Gasteiger partial charge in [0.1, 0.15) is 24.1 Å². The van der Waals surface area contributed by atoms with Gasteiger partial charge in [-0.25, -0.2) is 0 Å². The summed E-state index contributed by atoms with van der Waals surface area (Å²) < 4.78 is 22.6. The van der Waals surface area contributed by atoms with Gasteiger partial charge in [-0.3, -0.25) is 9.69 Å². The first-order valence-corrected chi connectivity index (χ1v) is 11.8. The number of ether oxygens (including phenoxy) is 4. The number of nitrogens with zero attached hydrogens (tertiary/aromatic N) is 4. The molecule has 1 amide bonds. The first kappa shape index (κ1) is 27.9. The zero-order valence-corrected chi connectivity index (χ0v) is 21.9. The Balaban J connectivity index is 1.65. The number of hydrogen-bond donors (Lipinski definition) is 2. The number of hydrogen-bond acceptors (Lipinski definition) is 9. The smallest absolute Gasteiger partial charge is 0.238 e. The first-order valence-electron chi connectivity index (χ1n) is 11.8. The van der Waals surface area contributed by atoms with E-state index in [4.69, 9.17) is 18.9 Å². The number of amides is 1. The first-order chi connectivity index (χ1) is 18.5. The van der Waals surface area contributed by atoms with Gasteiger partial charge in [-0.1, -0.05) is 30.0 Å². The predicted molar refractivity (Wildman–Crippen MR) is 142 cm³/mol. The number of H-pyrrole nitrogens is 1. The van der Waals surface area contributed by atoms with Crippen LogP contribution in [0.3, 0.4) is 0 Å². The van der Waals surface area contributed by atoms with Gasteiger partial charge >= 0.3 is 0 Å². The van der Waals surface area contributed by atoms with Gasteiger partial charge in [0, 0.05) is 5.69 Å². The van der Waals surface area contributed by atoms with Gasteiger partial charge < -0.3 is 24.3 Å². The number of tetrazole rings is 1. The van der Waals surface area contributed by atoms with Gasteiger partial charge in [0.25, 0.3) is 0 Å². The Morgan fingerprint density at radius 1 is 1.11 bits per heavy atom. The van der Waals surface area contributed by atoms with E-state index in [2.05, 4.69) is 32.5 Å². The highest BCUT2D eigenvalue weighted by atomic mass is 16.5. The number of methoxy groups -OCH3 is 2. The largest absolute Gasteiger partial charge is 0.493 e. The molecule has 1 unspecified atom stereocenters. The predicted octanol–water partition coefficient (Wildman–Crippen LogP) is 4.21. The Labute approximate surface area is 221 Å². The molecule has 0 aliphatic carbocycles. The third-order valence-corrected chi connectivity index (χ3v) is 5.42. The van der Waals surface area contributed by atoms with Crippen LogP contribution in [0.4, 0.5) is 5.69 Å². The lowest BCUT2D eigenvalue weighted by Gasteiger charge is -2.25. The average molecular weight is 521 g/mol. The Bertz CT molecular complexity index is 1230. The van der Waals surface area contributed by atoms with Crippen molar-refractivity contribution in [1.29, 1.82) is 0 Å². The van der Waals surface area contributed by atoms with Crippen LogP contribution in [0, 0.1) is 0 Å². The molecular weight excluding hydrogens is 488 g/mol. The van der Waals surface area contributed by atoms with E-state index in [1.807, 2.05) is 37.3 Å². The van der Waals surface area contributed by atoms with Gasteiger partial charge in [0.05, 0.1) is 20.8 Å². The topological polar surface area (TPSA) is 124 Å². The monoisotopic (exact) mass is 520 g/mol. The summed E-state index contributed by atoms with van der Waals surface area (Å²) in [5, 5.41) is 17.1. The maximum Gasteiger partial charge on any atom is 0.238 e. The van der Waals surface area contributed by atoms with E-state index in [1.165, 1.54) is 20.3 Å². The minimum absolute atomic E-state index is 0.0350. The van der Waals surface area contributed by atoms with Crippen LogP contribution < -0.4 is 10.1 Å². The van der Waals surface area contributed by atoms with E-state index in [-0.39, 0.29) is 19.1 Å². The van der Waals surface area contributed by atoms with Crippen molar-refractivity contribution in [2.45, 2.75) is 13.0 Å². The molecule has 2 aromatic carbocycles. The molecule has 1 atom stereocenters. The molecule has 3 aromatic rings. The normalized spacial score (nSPS) is 12.8. The van der Waals surface area contributed by atoms with Crippen LogP contribution >= 0.6 is 0 Å². The molecule has 0 aliphatic heterocycles. The Morgan fingerprint density at radius 2 is 1.82 bits per heavy atom. The molecule has 0 aliphatic rings. The number of allylic oxidation sites excluding steroid dienone is 2. The molecule has 11 nitrogen and oxygen atoms in total. The summed E-state index contributed by atoms with van der Waals surface area (Å²) >= 11 is 0. The molecule has 11 heteroatoms. The van der Waals surface area contributed by atoms with Crippen LogP contribution in [0.1, 0.15) is 18.8 Å². The third kappa shape index (κ3) is 7.68. The van der Waals surface area contributed by atoms with E-state index in [9.17, 15) is 4.79 Å². The summed E-state index contributed by atoms with van der Waals surface area (Å²) in [6.45, 7) is 5.75. The molecule has 0 fully saturated rings. The zero-order valence-electron chi connectivity index (χ0n) is 21.9. The molecular formula is C27H32N6O5. The van der Waals surface area contributed by atoms with Crippen molar-refractivity contribution in [3.05, 3.63) is 96.4 Å². The number of aromatic nitrogens is 4. The lowest BCUT2D eigenvalue weighted by atomic mass is 10.2. The number of carbonyl (C=O) groups excluding carboxylic acids is 1. The highest BCUT2D eigenvalue weighted by Gasteiger charge is 2.25. The van der Waals surface area contributed by atoms with Gasteiger partial charge in [-0.15, -0.1) is 10.2 Å². The minimum Gasteiger partial charge on any atom is -0.493 e. The van der Waals surface area contributed by atoms with Crippen molar-refractivity contribution in [1.82, 2.24) is 25.5 Å². The fourth-order valence-electron chi connectivity index (χ4n) is 3.53. The molecule has 38 heavy (non-hydrogen) atoms. The summed E-state index contributed by atoms with van der Waals surface area (Å²) in [6, 6.07) is 16.1. The minimum atomic E-state index is -0.509. The summed E-state index contributed by atoms with van der Waals surface area (Å²) in [5.41, 5.74) is 0.635. The Kier molecular flexibility index (Phi) is 10.4.